The van der Waals surface area contributed by atoms with Crippen LogP contribution in [0.5, 0.6) is 0 Å². The van der Waals surface area contributed by atoms with Gasteiger partial charge in [-0.1, -0.05) is 42.5 Å². The van der Waals surface area contributed by atoms with Crippen LogP contribution >= 0.6 is 11.3 Å². The number of carbonyl (C=O) groups excluding carboxylic acids is 1. The van der Waals surface area contributed by atoms with E-state index in [1.807, 2.05) is 92.0 Å². The Morgan fingerprint density at radius 1 is 1.04 bits per heavy atom. The molecule has 0 bridgehead atoms. The first-order chi connectivity index (χ1) is 13.5. The largest absolute Gasteiger partial charge is 0.378 e. The first-order valence-corrected chi connectivity index (χ1v) is 9.81. The maximum absolute atomic E-state index is 12.9. The molecule has 1 aliphatic rings. The molecule has 28 heavy (non-hydrogen) atoms. The van der Waals surface area contributed by atoms with Gasteiger partial charge in [-0.3, -0.25) is 4.79 Å². The topological polar surface area (TPSA) is 48.8 Å². The third-order valence-corrected chi connectivity index (χ3v) is 5.34. The molecule has 0 radical (unpaired) electrons. The molecule has 4 rings (SSSR count). The van der Waals surface area contributed by atoms with Crippen molar-refractivity contribution < 1.29 is 4.79 Å². The SMILES string of the molecule is CC1=NN(c2nc(-c3ccccc3)cs2)C(=O)/C1=C\c1ccc(N(C)C)cc1. The average molecular weight is 388 g/mol. The molecule has 2 heterocycles. The van der Waals surface area contributed by atoms with Crippen LogP contribution in [-0.4, -0.2) is 30.7 Å². The maximum Gasteiger partial charge on any atom is 0.282 e. The first kappa shape index (κ1) is 18.1. The van der Waals surface area contributed by atoms with E-state index in [2.05, 4.69) is 10.1 Å². The van der Waals surface area contributed by atoms with E-state index in [-0.39, 0.29) is 5.91 Å². The summed E-state index contributed by atoms with van der Waals surface area (Å²) in [4.78, 5) is 19.6. The van der Waals surface area contributed by atoms with Crippen molar-refractivity contribution in [1.29, 1.82) is 0 Å². The van der Waals surface area contributed by atoms with Crippen molar-refractivity contribution in [3.05, 3.63) is 71.1 Å². The molecule has 0 saturated heterocycles. The molecule has 1 aliphatic heterocycles. The number of amides is 1. The van der Waals surface area contributed by atoms with E-state index in [0.717, 1.165) is 22.5 Å². The fourth-order valence-corrected chi connectivity index (χ4v) is 3.73. The lowest BCUT2D eigenvalue weighted by Gasteiger charge is -2.12. The molecule has 0 atom stereocenters. The average Bonchev–Trinajstić information content (AvgIpc) is 3.30. The molecule has 0 N–H and O–H groups in total. The van der Waals surface area contributed by atoms with Gasteiger partial charge in [0, 0.05) is 30.7 Å². The number of hydrazone groups is 1. The van der Waals surface area contributed by atoms with Crippen molar-refractivity contribution in [1.82, 2.24) is 4.98 Å². The second-order valence-corrected chi connectivity index (χ2v) is 7.56. The standard InChI is InChI=1S/C22H20N4OS/c1-15-19(13-16-9-11-18(12-10-16)25(2)3)21(27)26(24-15)22-23-20(14-28-22)17-7-5-4-6-8-17/h4-14H,1-3H3/b19-13-. The number of thiazole rings is 1. The Morgan fingerprint density at radius 3 is 2.43 bits per heavy atom. The van der Waals surface area contributed by atoms with Gasteiger partial charge in [-0.25, -0.2) is 4.98 Å². The number of hydrogen-bond acceptors (Lipinski definition) is 5. The van der Waals surface area contributed by atoms with Gasteiger partial charge in [-0.2, -0.15) is 10.1 Å². The summed E-state index contributed by atoms with van der Waals surface area (Å²) >= 11 is 1.42. The van der Waals surface area contributed by atoms with E-state index in [9.17, 15) is 4.79 Å². The molecule has 2 aromatic carbocycles. The third-order valence-electron chi connectivity index (χ3n) is 4.53. The summed E-state index contributed by atoms with van der Waals surface area (Å²) in [5.41, 5.74) is 5.23. The molecule has 0 spiro atoms. The molecule has 6 heteroatoms. The van der Waals surface area contributed by atoms with Crippen LogP contribution in [0.3, 0.4) is 0 Å². The molecular formula is C22H20N4OS. The Kier molecular flexibility index (Phi) is 4.79. The number of carbonyl (C=O) groups is 1. The van der Waals surface area contributed by atoms with Gasteiger partial charge in [0.25, 0.3) is 5.91 Å². The van der Waals surface area contributed by atoms with Crippen LogP contribution < -0.4 is 9.91 Å². The van der Waals surface area contributed by atoms with E-state index in [1.165, 1.54) is 16.3 Å². The van der Waals surface area contributed by atoms with Gasteiger partial charge in [-0.15, -0.1) is 11.3 Å². The van der Waals surface area contributed by atoms with Crippen LogP contribution in [0.4, 0.5) is 10.8 Å². The Labute approximate surface area is 168 Å². The van der Waals surface area contributed by atoms with E-state index >= 15 is 0 Å². The van der Waals surface area contributed by atoms with Gasteiger partial charge < -0.3 is 4.90 Å². The van der Waals surface area contributed by atoms with Crippen molar-refractivity contribution in [2.75, 3.05) is 24.0 Å². The van der Waals surface area contributed by atoms with Gasteiger partial charge in [0.1, 0.15) is 0 Å². The highest BCUT2D eigenvalue weighted by atomic mass is 32.1. The van der Waals surface area contributed by atoms with E-state index in [4.69, 9.17) is 0 Å². The van der Waals surface area contributed by atoms with Gasteiger partial charge in [0.05, 0.1) is 17.0 Å². The van der Waals surface area contributed by atoms with Gasteiger partial charge in [-0.05, 0) is 30.7 Å². The number of aromatic nitrogens is 1. The van der Waals surface area contributed by atoms with E-state index in [0.29, 0.717) is 16.4 Å². The zero-order valence-electron chi connectivity index (χ0n) is 16.0. The highest BCUT2D eigenvalue weighted by Crippen LogP contribution is 2.31. The predicted molar refractivity (Wildman–Crippen MR) is 117 cm³/mol. The van der Waals surface area contributed by atoms with Crippen molar-refractivity contribution in [2.45, 2.75) is 6.92 Å². The predicted octanol–water partition coefficient (Wildman–Crippen LogP) is 4.68. The van der Waals surface area contributed by atoms with Crippen molar-refractivity contribution in [3.63, 3.8) is 0 Å². The molecule has 0 unspecified atom stereocenters. The van der Waals surface area contributed by atoms with Crippen molar-refractivity contribution >= 4 is 39.9 Å². The van der Waals surface area contributed by atoms with Crippen LogP contribution in [0.2, 0.25) is 0 Å². The Hall–Kier alpha value is -3.25. The number of benzene rings is 2. The third kappa shape index (κ3) is 3.46. The molecule has 140 valence electrons. The Morgan fingerprint density at radius 2 is 1.75 bits per heavy atom. The summed E-state index contributed by atoms with van der Waals surface area (Å²) in [6.45, 7) is 1.85. The number of anilines is 2. The summed E-state index contributed by atoms with van der Waals surface area (Å²) in [6, 6.07) is 18.0. The van der Waals surface area contributed by atoms with E-state index < -0.39 is 0 Å². The molecule has 5 nitrogen and oxygen atoms in total. The molecule has 0 fully saturated rings. The van der Waals surface area contributed by atoms with E-state index in [1.54, 1.807) is 0 Å². The highest BCUT2D eigenvalue weighted by molar-refractivity contribution is 7.14. The smallest absolute Gasteiger partial charge is 0.282 e. The van der Waals surface area contributed by atoms with Crippen LogP contribution in [0.25, 0.3) is 17.3 Å². The fraction of sp³-hybridized carbons (Fsp3) is 0.136. The summed E-state index contributed by atoms with van der Waals surface area (Å²) in [5.74, 6) is -0.150. The second kappa shape index (κ2) is 7.40. The Bertz CT molecular complexity index is 1070. The normalized spacial score (nSPS) is 15.2. The van der Waals surface area contributed by atoms with Crippen LogP contribution in [0, 0.1) is 0 Å². The highest BCUT2D eigenvalue weighted by Gasteiger charge is 2.30. The lowest BCUT2D eigenvalue weighted by atomic mass is 10.1. The lowest BCUT2D eigenvalue weighted by Crippen LogP contribution is -2.21. The molecule has 1 amide bonds. The zero-order chi connectivity index (χ0) is 19.7. The minimum absolute atomic E-state index is 0.150. The minimum Gasteiger partial charge on any atom is -0.378 e. The lowest BCUT2D eigenvalue weighted by molar-refractivity contribution is -0.114. The Balaban J connectivity index is 1.59. The number of nitrogens with zero attached hydrogens (tertiary/aromatic N) is 4. The molecular weight excluding hydrogens is 368 g/mol. The number of hydrogen-bond donors (Lipinski definition) is 0. The maximum atomic E-state index is 12.9. The zero-order valence-corrected chi connectivity index (χ0v) is 16.8. The van der Waals surface area contributed by atoms with Crippen LogP contribution in [0.15, 0.2) is 70.7 Å². The first-order valence-electron chi connectivity index (χ1n) is 8.93. The van der Waals surface area contributed by atoms with Crippen LogP contribution in [0.1, 0.15) is 12.5 Å². The second-order valence-electron chi connectivity index (χ2n) is 6.73. The summed E-state index contributed by atoms with van der Waals surface area (Å²) in [5, 5.41) is 8.36. The van der Waals surface area contributed by atoms with Crippen LogP contribution in [-0.2, 0) is 4.79 Å². The molecule has 0 saturated carbocycles. The molecule has 1 aromatic heterocycles. The summed E-state index contributed by atoms with van der Waals surface area (Å²) in [6.07, 6.45) is 1.88. The number of rotatable bonds is 4. The minimum atomic E-state index is -0.150. The quantitative estimate of drug-likeness (QED) is 0.610. The molecule has 3 aromatic rings. The monoisotopic (exact) mass is 388 g/mol. The van der Waals surface area contributed by atoms with Gasteiger partial charge in [0.2, 0.25) is 5.13 Å². The molecule has 0 aliphatic carbocycles. The van der Waals surface area contributed by atoms with Gasteiger partial charge in [0.15, 0.2) is 0 Å². The fourth-order valence-electron chi connectivity index (χ4n) is 2.95. The van der Waals surface area contributed by atoms with Gasteiger partial charge >= 0.3 is 0 Å². The summed E-state index contributed by atoms with van der Waals surface area (Å²) < 4.78 is 0. The summed E-state index contributed by atoms with van der Waals surface area (Å²) in [7, 11) is 4.00. The van der Waals surface area contributed by atoms with Crippen molar-refractivity contribution in [2.24, 2.45) is 5.10 Å². The van der Waals surface area contributed by atoms with Crippen molar-refractivity contribution in [3.8, 4) is 11.3 Å².